The van der Waals surface area contributed by atoms with E-state index in [2.05, 4.69) is 5.10 Å². The number of amides is 1. The van der Waals surface area contributed by atoms with E-state index in [-0.39, 0.29) is 6.54 Å². The predicted octanol–water partition coefficient (Wildman–Crippen LogP) is 2.55. The Labute approximate surface area is 150 Å². The molecule has 25 heavy (non-hydrogen) atoms. The maximum Gasteiger partial charge on any atom is 0.287 e. The molecule has 0 aliphatic rings. The molecule has 0 bridgehead atoms. The monoisotopic (exact) mass is 356 g/mol. The van der Waals surface area contributed by atoms with Crippen molar-refractivity contribution in [2.75, 3.05) is 6.54 Å². The van der Waals surface area contributed by atoms with Crippen LogP contribution in [0.3, 0.4) is 0 Å². The Kier molecular flexibility index (Phi) is 5.28. The molecule has 0 saturated carbocycles. The zero-order chi connectivity index (χ0) is 17.8. The number of benzene rings is 1. The highest BCUT2D eigenvalue weighted by Gasteiger charge is 2.24. The average Bonchev–Trinajstić information content (AvgIpc) is 3.28. The number of hydrogen-bond acceptors (Lipinski definition) is 5. The van der Waals surface area contributed by atoms with E-state index in [1.54, 1.807) is 16.9 Å². The van der Waals surface area contributed by atoms with Crippen LogP contribution in [-0.2, 0) is 13.5 Å². The Bertz CT molecular complexity index is 844. The van der Waals surface area contributed by atoms with Gasteiger partial charge in [-0.15, -0.1) is 11.3 Å². The van der Waals surface area contributed by atoms with Crippen molar-refractivity contribution in [1.29, 1.82) is 0 Å². The molecule has 2 heterocycles. The van der Waals surface area contributed by atoms with Crippen molar-refractivity contribution in [3.05, 3.63) is 64.5 Å². The fourth-order valence-corrected chi connectivity index (χ4v) is 3.51. The minimum absolute atomic E-state index is 0.178. The van der Waals surface area contributed by atoms with Crippen molar-refractivity contribution >= 4 is 17.2 Å². The molecule has 3 N–H and O–H groups in total. The van der Waals surface area contributed by atoms with Crippen LogP contribution in [0.2, 0.25) is 0 Å². The zero-order valence-electron chi connectivity index (χ0n) is 13.9. The molecule has 1 amide bonds. The molecule has 1 atom stereocenters. The minimum atomic E-state index is -0.475. The number of hydrogen-bond donors (Lipinski definition) is 2. The van der Waals surface area contributed by atoms with Crippen LogP contribution in [-0.4, -0.2) is 38.5 Å². The van der Waals surface area contributed by atoms with Crippen LogP contribution in [0, 0.1) is 0 Å². The van der Waals surface area contributed by atoms with Gasteiger partial charge in [-0.3, -0.25) is 14.7 Å². The number of nitrogens with zero attached hydrogens (tertiary/aromatic N) is 3. The second-order valence-electron chi connectivity index (χ2n) is 5.77. The fourth-order valence-electron chi connectivity index (χ4n) is 2.67. The van der Waals surface area contributed by atoms with Gasteiger partial charge in [-0.1, -0.05) is 30.3 Å². The van der Waals surface area contributed by atoms with E-state index in [9.17, 15) is 10.0 Å². The van der Waals surface area contributed by atoms with Crippen LogP contribution in [0.15, 0.2) is 54.0 Å². The summed E-state index contributed by atoms with van der Waals surface area (Å²) in [6.07, 6.45) is 2.21. The first-order chi connectivity index (χ1) is 12.1. The highest BCUT2D eigenvalue weighted by molar-refractivity contribution is 7.12. The maximum absolute atomic E-state index is 12.6. The lowest BCUT2D eigenvalue weighted by Gasteiger charge is -2.24. The largest absolute Gasteiger partial charge is 0.328 e. The molecule has 3 rings (SSSR count). The topological polar surface area (TPSA) is 84.4 Å². The van der Waals surface area contributed by atoms with Crippen molar-refractivity contribution in [2.24, 2.45) is 12.8 Å². The molecule has 0 spiro atoms. The highest BCUT2D eigenvalue weighted by atomic mass is 32.1. The molecule has 0 aliphatic carbocycles. The van der Waals surface area contributed by atoms with E-state index in [0.29, 0.717) is 11.3 Å². The highest BCUT2D eigenvalue weighted by Crippen LogP contribution is 2.26. The van der Waals surface area contributed by atoms with Gasteiger partial charge in [0.25, 0.3) is 5.91 Å². The summed E-state index contributed by atoms with van der Waals surface area (Å²) in [5, 5.41) is 17.1. The van der Waals surface area contributed by atoms with Crippen molar-refractivity contribution in [3.63, 3.8) is 0 Å². The van der Waals surface area contributed by atoms with Gasteiger partial charge in [0.1, 0.15) is 0 Å². The van der Waals surface area contributed by atoms with E-state index in [1.165, 1.54) is 11.3 Å². The summed E-state index contributed by atoms with van der Waals surface area (Å²) >= 11 is 1.29. The molecule has 1 unspecified atom stereocenters. The number of hydroxylamine groups is 2. The zero-order valence-corrected chi connectivity index (χ0v) is 14.7. The second-order valence-corrected chi connectivity index (χ2v) is 6.68. The Morgan fingerprint density at radius 1 is 1.36 bits per heavy atom. The first-order valence-corrected chi connectivity index (χ1v) is 8.81. The van der Waals surface area contributed by atoms with Crippen LogP contribution in [0.25, 0.3) is 11.3 Å². The number of nitrogens with two attached hydrogens (primary N) is 1. The van der Waals surface area contributed by atoms with Gasteiger partial charge in [-0.05, 0) is 24.1 Å². The molecule has 3 aromatic rings. The Hall–Kier alpha value is -2.48. The molecule has 7 heteroatoms. The predicted molar refractivity (Wildman–Crippen MR) is 97.5 cm³/mol. The Morgan fingerprint density at radius 2 is 2.12 bits per heavy atom. The summed E-state index contributed by atoms with van der Waals surface area (Å²) in [4.78, 5) is 13.1. The summed E-state index contributed by atoms with van der Waals surface area (Å²) in [7, 11) is 1.84. The SMILES string of the molecule is Cn1nccc1-c1csc(C(=O)N(O)C(CN)Cc2ccccc2)c1. The van der Waals surface area contributed by atoms with Gasteiger partial charge in [-0.2, -0.15) is 5.10 Å². The lowest BCUT2D eigenvalue weighted by molar-refractivity contribution is -0.0856. The molecule has 0 aliphatic heterocycles. The third-order valence-corrected chi connectivity index (χ3v) is 4.99. The third-order valence-electron chi connectivity index (χ3n) is 4.07. The van der Waals surface area contributed by atoms with E-state index in [0.717, 1.165) is 21.9 Å². The molecule has 6 nitrogen and oxygen atoms in total. The molecule has 0 saturated heterocycles. The molecule has 2 aromatic heterocycles. The van der Waals surface area contributed by atoms with Gasteiger partial charge < -0.3 is 5.73 Å². The van der Waals surface area contributed by atoms with E-state index in [1.807, 2.05) is 48.8 Å². The first-order valence-electron chi connectivity index (χ1n) is 7.93. The molecule has 0 fully saturated rings. The number of rotatable bonds is 6. The van der Waals surface area contributed by atoms with Gasteiger partial charge in [0.05, 0.1) is 16.6 Å². The Morgan fingerprint density at radius 3 is 2.76 bits per heavy atom. The quantitative estimate of drug-likeness (QED) is 0.525. The number of aromatic nitrogens is 2. The summed E-state index contributed by atoms with van der Waals surface area (Å²) in [5.41, 5.74) is 8.61. The maximum atomic E-state index is 12.6. The normalized spacial score (nSPS) is 12.1. The summed E-state index contributed by atoms with van der Waals surface area (Å²) in [6.45, 7) is 0.178. The number of aryl methyl sites for hydroxylation is 1. The van der Waals surface area contributed by atoms with E-state index < -0.39 is 11.9 Å². The first kappa shape index (κ1) is 17.3. The summed E-state index contributed by atoms with van der Waals surface area (Å²) in [6, 6.07) is 12.8. The van der Waals surface area contributed by atoms with Crippen LogP contribution in [0.5, 0.6) is 0 Å². The minimum Gasteiger partial charge on any atom is -0.328 e. The van der Waals surface area contributed by atoms with Crippen LogP contribution < -0.4 is 5.73 Å². The summed E-state index contributed by atoms with van der Waals surface area (Å²) in [5.74, 6) is -0.440. The number of carbonyl (C=O) groups excluding carboxylic acids is 1. The second kappa shape index (κ2) is 7.60. The van der Waals surface area contributed by atoms with Crippen LogP contribution >= 0.6 is 11.3 Å². The van der Waals surface area contributed by atoms with Crippen molar-refractivity contribution in [1.82, 2.24) is 14.8 Å². The average molecular weight is 356 g/mol. The van der Waals surface area contributed by atoms with Gasteiger partial charge >= 0.3 is 0 Å². The number of carbonyl (C=O) groups is 1. The van der Waals surface area contributed by atoms with Gasteiger partial charge in [-0.25, -0.2) is 5.06 Å². The number of thiophene rings is 1. The van der Waals surface area contributed by atoms with Crippen molar-refractivity contribution in [3.8, 4) is 11.3 Å². The van der Waals surface area contributed by atoms with E-state index >= 15 is 0 Å². The van der Waals surface area contributed by atoms with Crippen molar-refractivity contribution < 1.29 is 10.0 Å². The Balaban J connectivity index is 1.75. The summed E-state index contributed by atoms with van der Waals surface area (Å²) < 4.78 is 1.74. The van der Waals surface area contributed by atoms with E-state index in [4.69, 9.17) is 5.73 Å². The molecular weight excluding hydrogens is 336 g/mol. The van der Waals surface area contributed by atoms with Gasteiger partial charge in [0.15, 0.2) is 0 Å². The van der Waals surface area contributed by atoms with Crippen molar-refractivity contribution in [2.45, 2.75) is 12.5 Å². The molecule has 1 aromatic carbocycles. The van der Waals surface area contributed by atoms with Gasteiger partial charge in [0, 0.05) is 30.7 Å². The lowest BCUT2D eigenvalue weighted by atomic mass is 10.1. The third kappa shape index (κ3) is 3.79. The molecular formula is C18H20N4O2S. The van der Waals surface area contributed by atoms with Crippen LogP contribution in [0.4, 0.5) is 0 Å². The van der Waals surface area contributed by atoms with Crippen LogP contribution in [0.1, 0.15) is 15.2 Å². The fraction of sp³-hybridized carbons (Fsp3) is 0.222. The lowest BCUT2D eigenvalue weighted by Crippen LogP contribution is -2.43. The van der Waals surface area contributed by atoms with Gasteiger partial charge in [0.2, 0.25) is 0 Å². The standard InChI is InChI=1S/C18H20N4O2S/c1-21-16(7-8-20-21)14-10-17(25-12-14)18(23)22(24)15(11-19)9-13-5-3-2-4-6-13/h2-8,10,12,15,24H,9,11,19H2,1H3. The molecule has 0 radical (unpaired) electrons. The molecule has 130 valence electrons. The smallest absolute Gasteiger partial charge is 0.287 e.